The van der Waals surface area contributed by atoms with Gasteiger partial charge in [0.25, 0.3) is 0 Å². The third kappa shape index (κ3) is 2.33. The summed E-state index contributed by atoms with van der Waals surface area (Å²) in [4.78, 5) is 0. The Morgan fingerprint density at radius 3 is 2.33 bits per heavy atom. The van der Waals surface area contributed by atoms with E-state index >= 15 is 0 Å². The largest absolute Gasteiger partial charge is 0.361 e. The van der Waals surface area contributed by atoms with Crippen LogP contribution in [0.3, 0.4) is 0 Å². The highest BCUT2D eigenvalue weighted by Gasteiger charge is 2.28. The first-order valence-electron chi connectivity index (χ1n) is 3.61. The average Bonchev–Trinajstić information content (AvgIpc) is 2.40. The molecule has 0 bridgehead atoms. The summed E-state index contributed by atoms with van der Waals surface area (Å²) < 4.78 is 5.35. The zero-order valence-corrected chi connectivity index (χ0v) is 6.13. The van der Waals surface area contributed by atoms with Gasteiger partial charge in [-0.05, 0) is 32.6 Å². The molecule has 2 heteroatoms. The van der Waals surface area contributed by atoms with Crippen molar-refractivity contribution < 1.29 is 4.74 Å². The maximum atomic E-state index is 5.44. The van der Waals surface area contributed by atoms with E-state index in [1.54, 1.807) is 0 Å². The van der Waals surface area contributed by atoms with Crippen molar-refractivity contribution in [1.29, 1.82) is 0 Å². The Morgan fingerprint density at radius 1 is 1.44 bits per heavy atom. The van der Waals surface area contributed by atoms with E-state index < -0.39 is 0 Å². The minimum atomic E-state index is -0.0967. The molecule has 2 atom stereocenters. The van der Waals surface area contributed by atoms with Gasteiger partial charge in [-0.15, -0.1) is 0 Å². The summed E-state index contributed by atoms with van der Waals surface area (Å²) in [5.41, 5.74) is 5.44. The molecule has 0 aromatic carbocycles. The molecule has 1 fully saturated rings. The molecule has 1 aliphatic rings. The van der Waals surface area contributed by atoms with Crippen LogP contribution in [0.15, 0.2) is 0 Å². The molecule has 0 radical (unpaired) electrons. The molecule has 2 N–H and O–H groups in total. The van der Waals surface area contributed by atoms with Crippen LogP contribution in [0.4, 0.5) is 0 Å². The normalized spacial score (nSPS) is 25.7. The van der Waals surface area contributed by atoms with Gasteiger partial charge in [-0.3, -0.25) is 0 Å². The average molecular weight is 129 g/mol. The Labute approximate surface area is 56.4 Å². The molecule has 2 unspecified atom stereocenters. The number of hydrogen-bond acceptors (Lipinski definition) is 2. The van der Waals surface area contributed by atoms with E-state index in [1.165, 1.54) is 12.8 Å². The van der Waals surface area contributed by atoms with Gasteiger partial charge < -0.3 is 10.5 Å². The molecule has 0 heterocycles. The Hall–Kier alpha value is -0.0800. The van der Waals surface area contributed by atoms with Crippen molar-refractivity contribution >= 4 is 0 Å². The standard InChI is InChI=1S/C7H15NO/c1-5(7-3-4-7)9-6(2)8/h5-7H,3-4,8H2,1-2H3. The number of ether oxygens (including phenoxy) is 1. The SMILES string of the molecule is CC(N)OC(C)C1CC1. The summed E-state index contributed by atoms with van der Waals surface area (Å²) in [5, 5.41) is 0. The van der Waals surface area contributed by atoms with Crippen molar-refractivity contribution in [1.82, 2.24) is 0 Å². The quantitative estimate of drug-likeness (QED) is 0.579. The lowest BCUT2D eigenvalue weighted by Gasteiger charge is -2.14. The highest BCUT2D eigenvalue weighted by Crippen LogP contribution is 2.34. The minimum Gasteiger partial charge on any atom is -0.361 e. The molecule has 0 aromatic rings. The molecular weight excluding hydrogens is 114 g/mol. The molecule has 0 spiro atoms. The van der Waals surface area contributed by atoms with E-state index in [0.717, 1.165) is 5.92 Å². The van der Waals surface area contributed by atoms with Gasteiger partial charge in [0.1, 0.15) is 6.23 Å². The highest BCUT2D eigenvalue weighted by molar-refractivity contribution is 4.79. The Kier molecular flexibility index (Phi) is 2.09. The molecule has 2 nitrogen and oxygen atoms in total. The monoisotopic (exact) mass is 129 g/mol. The third-order valence-electron chi connectivity index (χ3n) is 1.72. The van der Waals surface area contributed by atoms with Crippen molar-refractivity contribution in [2.45, 2.75) is 39.0 Å². The van der Waals surface area contributed by atoms with Crippen molar-refractivity contribution in [3.05, 3.63) is 0 Å². The van der Waals surface area contributed by atoms with Crippen LogP contribution in [-0.2, 0) is 4.74 Å². The molecule has 0 saturated heterocycles. The van der Waals surface area contributed by atoms with E-state index in [2.05, 4.69) is 6.92 Å². The predicted molar refractivity (Wildman–Crippen MR) is 36.9 cm³/mol. The van der Waals surface area contributed by atoms with Gasteiger partial charge in [-0.2, -0.15) is 0 Å². The van der Waals surface area contributed by atoms with Crippen LogP contribution < -0.4 is 5.73 Å². The third-order valence-corrected chi connectivity index (χ3v) is 1.72. The van der Waals surface area contributed by atoms with Crippen LogP contribution in [0.25, 0.3) is 0 Å². The second-order valence-corrected chi connectivity index (χ2v) is 2.88. The molecule has 1 rings (SSSR count). The second-order valence-electron chi connectivity index (χ2n) is 2.88. The fraction of sp³-hybridized carbons (Fsp3) is 1.00. The zero-order chi connectivity index (χ0) is 6.85. The fourth-order valence-corrected chi connectivity index (χ4v) is 1.02. The number of nitrogens with two attached hydrogens (primary N) is 1. The molecule has 0 aromatic heterocycles. The topological polar surface area (TPSA) is 35.2 Å². The molecule has 1 aliphatic carbocycles. The van der Waals surface area contributed by atoms with Crippen molar-refractivity contribution in [2.24, 2.45) is 11.7 Å². The van der Waals surface area contributed by atoms with Gasteiger partial charge in [0.2, 0.25) is 0 Å². The summed E-state index contributed by atoms with van der Waals surface area (Å²) in [7, 11) is 0. The Balaban J connectivity index is 2.10. The van der Waals surface area contributed by atoms with Crippen LogP contribution in [0.1, 0.15) is 26.7 Å². The molecule has 9 heavy (non-hydrogen) atoms. The number of hydrogen-bond donors (Lipinski definition) is 1. The zero-order valence-electron chi connectivity index (χ0n) is 6.13. The van der Waals surface area contributed by atoms with E-state index in [1.807, 2.05) is 6.92 Å². The van der Waals surface area contributed by atoms with E-state index in [9.17, 15) is 0 Å². The lowest BCUT2D eigenvalue weighted by Crippen LogP contribution is -2.25. The van der Waals surface area contributed by atoms with Gasteiger partial charge in [-0.1, -0.05) is 0 Å². The van der Waals surface area contributed by atoms with E-state index in [-0.39, 0.29) is 6.23 Å². The van der Waals surface area contributed by atoms with E-state index in [4.69, 9.17) is 10.5 Å². The minimum absolute atomic E-state index is 0.0967. The lowest BCUT2D eigenvalue weighted by molar-refractivity contribution is 0.000230. The highest BCUT2D eigenvalue weighted by atomic mass is 16.5. The second kappa shape index (κ2) is 2.67. The lowest BCUT2D eigenvalue weighted by atomic mass is 10.3. The first-order valence-corrected chi connectivity index (χ1v) is 3.61. The summed E-state index contributed by atoms with van der Waals surface area (Å²) in [5.74, 6) is 0.802. The van der Waals surface area contributed by atoms with Crippen LogP contribution in [0, 0.1) is 5.92 Å². The van der Waals surface area contributed by atoms with Crippen LogP contribution in [0.5, 0.6) is 0 Å². The molecule has 0 aliphatic heterocycles. The van der Waals surface area contributed by atoms with Crippen molar-refractivity contribution in [3.63, 3.8) is 0 Å². The van der Waals surface area contributed by atoms with Gasteiger partial charge in [0.15, 0.2) is 0 Å². The smallest absolute Gasteiger partial charge is 0.103 e. The van der Waals surface area contributed by atoms with Gasteiger partial charge in [-0.25, -0.2) is 0 Å². The van der Waals surface area contributed by atoms with Gasteiger partial charge >= 0.3 is 0 Å². The van der Waals surface area contributed by atoms with Crippen LogP contribution >= 0.6 is 0 Å². The van der Waals surface area contributed by atoms with Crippen LogP contribution in [0.2, 0.25) is 0 Å². The summed E-state index contributed by atoms with van der Waals surface area (Å²) in [6, 6.07) is 0. The van der Waals surface area contributed by atoms with Gasteiger partial charge in [0, 0.05) is 0 Å². The van der Waals surface area contributed by atoms with Gasteiger partial charge in [0.05, 0.1) is 6.10 Å². The Bertz CT molecular complexity index is 88.9. The van der Waals surface area contributed by atoms with Crippen LogP contribution in [-0.4, -0.2) is 12.3 Å². The van der Waals surface area contributed by atoms with E-state index in [0.29, 0.717) is 6.10 Å². The molecule has 0 amide bonds. The number of rotatable bonds is 3. The van der Waals surface area contributed by atoms with Crippen molar-refractivity contribution in [2.75, 3.05) is 0 Å². The Morgan fingerprint density at radius 2 is 2.00 bits per heavy atom. The predicted octanol–water partition coefficient (Wildman–Crippen LogP) is 1.11. The molecular formula is C7H15NO. The maximum absolute atomic E-state index is 5.44. The maximum Gasteiger partial charge on any atom is 0.103 e. The summed E-state index contributed by atoms with van der Waals surface area (Å²) in [6.45, 7) is 3.97. The molecule has 54 valence electrons. The first-order chi connectivity index (χ1) is 4.20. The summed E-state index contributed by atoms with van der Waals surface area (Å²) in [6.07, 6.45) is 2.94. The summed E-state index contributed by atoms with van der Waals surface area (Å²) >= 11 is 0. The molecule has 1 saturated carbocycles. The van der Waals surface area contributed by atoms with Crippen molar-refractivity contribution in [3.8, 4) is 0 Å². The fourth-order valence-electron chi connectivity index (χ4n) is 1.02. The first kappa shape index (κ1) is 7.03.